The summed E-state index contributed by atoms with van der Waals surface area (Å²) in [6.45, 7) is 1.96. The number of hydrogen-bond donors (Lipinski definition) is 3. The molecule has 8 nitrogen and oxygen atoms in total. The summed E-state index contributed by atoms with van der Waals surface area (Å²) in [4.78, 5) is 18.7. The number of H-pyrrole nitrogens is 2. The highest BCUT2D eigenvalue weighted by Gasteiger charge is 2.18. The Hall–Kier alpha value is -4.08. The van der Waals surface area contributed by atoms with Gasteiger partial charge in [-0.25, -0.2) is 4.98 Å². The van der Waals surface area contributed by atoms with Crippen molar-refractivity contribution < 1.29 is 4.74 Å². The highest BCUT2D eigenvalue weighted by molar-refractivity contribution is 7.13. The predicted octanol–water partition coefficient (Wildman–Crippen LogP) is 5.42. The first-order valence-electron chi connectivity index (χ1n) is 12.0. The molecule has 1 saturated heterocycles. The molecule has 0 saturated carbocycles. The van der Waals surface area contributed by atoms with Crippen molar-refractivity contribution in [2.75, 3.05) is 13.1 Å². The van der Waals surface area contributed by atoms with Crippen molar-refractivity contribution in [3.05, 3.63) is 66.4 Å². The first-order chi connectivity index (χ1) is 17.8. The Morgan fingerprint density at radius 3 is 2.81 bits per heavy atom. The van der Waals surface area contributed by atoms with Gasteiger partial charge in [-0.2, -0.15) is 5.10 Å². The van der Waals surface area contributed by atoms with E-state index in [1.54, 1.807) is 23.7 Å². The van der Waals surface area contributed by atoms with Gasteiger partial charge in [0.1, 0.15) is 17.5 Å². The average molecular weight is 494 g/mol. The summed E-state index contributed by atoms with van der Waals surface area (Å²) >= 11 is 1.71. The van der Waals surface area contributed by atoms with Crippen LogP contribution in [0.2, 0.25) is 0 Å². The molecule has 1 aromatic carbocycles. The fourth-order valence-corrected chi connectivity index (χ4v) is 5.51. The van der Waals surface area contributed by atoms with Crippen molar-refractivity contribution in [3.8, 4) is 39.0 Å². The molecule has 178 valence electrons. The van der Waals surface area contributed by atoms with Crippen LogP contribution in [0, 0.1) is 0 Å². The highest BCUT2D eigenvalue weighted by atomic mass is 32.1. The lowest BCUT2D eigenvalue weighted by atomic mass is 10.1. The lowest BCUT2D eigenvalue weighted by Crippen LogP contribution is -2.34. The summed E-state index contributed by atoms with van der Waals surface area (Å²) in [5.41, 5.74) is 6.35. The third-order valence-corrected chi connectivity index (χ3v) is 7.47. The van der Waals surface area contributed by atoms with E-state index in [1.165, 1.54) is 4.88 Å². The second kappa shape index (κ2) is 8.85. The number of para-hydroxylation sites is 1. The fraction of sp³-hybridized carbons (Fsp3) is 0.185. The maximum Gasteiger partial charge on any atom is 0.159 e. The van der Waals surface area contributed by atoms with Crippen LogP contribution < -0.4 is 10.1 Å². The summed E-state index contributed by atoms with van der Waals surface area (Å²) in [5.74, 6) is 1.49. The second-order valence-electron chi connectivity index (χ2n) is 8.93. The number of piperidine rings is 1. The number of aromatic amines is 2. The number of hydrogen-bond acceptors (Lipinski definition) is 7. The van der Waals surface area contributed by atoms with Crippen LogP contribution in [0.5, 0.6) is 5.75 Å². The van der Waals surface area contributed by atoms with Gasteiger partial charge in [-0.3, -0.25) is 15.1 Å². The smallest absolute Gasteiger partial charge is 0.159 e. The Kier molecular flexibility index (Phi) is 5.22. The molecule has 0 radical (unpaired) electrons. The van der Waals surface area contributed by atoms with Crippen molar-refractivity contribution in [2.24, 2.45) is 0 Å². The van der Waals surface area contributed by atoms with Gasteiger partial charge in [0.2, 0.25) is 0 Å². The number of ether oxygens (including phenoxy) is 1. The van der Waals surface area contributed by atoms with Crippen molar-refractivity contribution in [1.29, 1.82) is 0 Å². The van der Waals surface area contributed by atoms with Crippen LogP contribution in [0.1, 0.15) is 12.8 Å². The fourth-order valence-electron chi connectivity index (χ4n) is 4.76. The predicted molar refractivity (Wildman–Crippen MR) is 142 cm³/mol. The molecule has 6 aromatic rings. The third-order valence-electron chi connectivity index (χ3n) is 6.57. The molecule has 36 heavy (non-hydrogen) atoms. The standard InChI is InChI=1S/C27H23N7OS/c1-3-19(24-5-2-10-36-24)25-21(4-1)31-27(32-25)26-20-12-22(30-15-23(20)33-34-26)16-11-18(14-29-13-16)35-17-6-8-28-9-7-17/h1-5,10-15,17,28H,6-9H2,(H,31,32)(H,33,34). The minimum atomic E-state index is 0.214. The van der Waals surface area contributed by atoms with E-state index in [9.17, 15) is 0 Å². The van der Waals surface area contributed by atoms with Crippen LogP contribution >= 0.6 is 11.3 Å². The average Bonchev–Trinajstić information content (AvgIpc) is 3.68. The van der Waals surface area contributed by atoms with Gasteiger partial charge in [0.05, 0.1) is 34.6 Å². The maximum atomic E-state index is 6.20. The molecule has 1 fully saturated rings. The normalized spacial score (nSPS) is 14.6. The van der Waals surface area contributed by atoms with Gasteiger partial charge in [-0.05, 0) is 55.6 Å². The summed E-state index contributed by atoms with van der Waals surface area (Å²) in [6.07, 6.45) is 7.61. The maximum absolute atomic E-state index is 6.20. The summed E-state index contributed by atoms with van der Waals surface area (Å²) < 4.78 is 6.20. The lowest BCUT2D eigenvalue weighted by Gasteiger charge is -2.23. The molecule has 0 amide bonds. The molecule has 1 aliphatic heterocycles. The lowest BCUT2D eigenvalue weighted by molar-refractivity contribution is 0.162. The van der Waals surface area contributed by atoms with Crippen LogP contribution in [0.15, 0.2) is 66.4 Å². The van der Waals surface area contributed by atoms with Gasteiger partial charge >= 0.3 is 0 Å². The van der Waals surface area contributed by atoms with Crippen LogP contribution in [0.25, 0.3) is 55.2 Å². The molecular formula is C27H23N7OS. The van der Waals surface area contributed by atoms with Gasteiger partial charge in [0, 0.05) is 27.6 Å². The molecule has 0 bridgehead atoms. The number of pyridine rings is 2. The number of benzene rings is 1. The molecule has 5 aromatic heterocycles. The van der Waals surface area contributed by atoms with Gasteiger partial charge in [0.25, 0.3) is 0 Å². The topological polar surface area (TPSA) is 104 Å². The first-order valence-corrected chi connectivity index (χ1v) is 12.9. The third kappa shape index (κ3) is 3.82. The zero-order valence-corrected chi connectivity index (χ0v) is 20.2. The van der Waals surface area contributed by atoms with Gasteiger partial charge in [-0.15, -0.1) is 11.3 Å². The van der Waals surface area contributed by atoms with E-state index in [4.69, 9.17) is 9.72 Å². The minimum absolute atomic E-state index is 0.214. The van der Waals surface area contributed by atoms with E-state index in [2.05, 4.69) is 60.1 Å². The number of aromatic nitrogens is 6. The van der Waals surface area contributed by atoms with Crippen molar-refractivity contribution in [2.45, 2.75) is 18.9 Å². The van der Waals surface area contributed by atoms with Gasteiger partial charge in [-0.1, -0.05) is 18.2 Å². The Bertz CT molecular complexity index is 1660. The highest BCUT2D eigenvalue weighted by Crippen LogP contribution is 2.34. The monoisotopic (exact) mass is 493 g/mol. The Morgan fingerprint density at radius 2 is 1.92 bits per heavy atom. The van der Waals surface area contributed by atoms with Crippen LogP contribution in [-0.4, -0.2) is 49.3 Å². The number of nitrogens with zero attached hydrogens (tertiary/aromatic N) is 4. The Balaban J connectivity index is 1.26. The number of rotatable bonds is 5. The van der Waals surface area contributed by atoms with Crippen molar-refractivity contribution in [1.82, 2.24) is 35.5 Å². The number of thiophene rings is 1. The van der Waals surface area contributed by atoms with Crippen molar-refractivity contribution in [3.63, 3.8) is 0 Å². The first kappa shape index (κ1) is 21.2. The summed E-state index contributed by atoms with van der Waals surface area (Å²) in [7, 11) is 0. The summed E-state index contributed by atoms with van der Waals surface area (Å²) in [5, 5.41) is 14.1. The van der Waals surface area contributed by atoms with Gasteiger partial charge < -0.3 is 15.0 Å². The molecule has 0 atom stereocenters. The Labute approximate surface area is 210 Å². The van der Waals surface area contributed by atoms with Gasteiger partial charge in [0.15, 0.2) is 5.82 Å². The number of imidazole rings is 1. The molecule has 0 unspecified atom stereocenters. The van der Waals surface area contributed by atoms with E-state index in [-0.39, 0.29) is 6.10 Å². The van der Waals surface area contributed by atoms with E-state index in [1.807, 2.05) is 24.4 Å². The SMILES string of the molecule is c1csc(-c2cccc3[nH]c(-c4n[nH]c5cnc(-c6cncc(OC7CCNCC7)c6)cc45)nc23)c1. The van der Waals surface area contributed by atoms with E-state index in [0.29, 0.717) is 0 Å². The molecule has 0 aliphatic carbocycles. The number of nitrogens with one attached hydrogen (secondary N) is 3. The van der Waals surface area contributed by atoms with E-state index in [0.717, 1.165) is 82.0 Å². The molecule has 9 heteroatoms. The minimum Gasteiger partial charge on any atom is -0.489 e. The zero-order chi connectivity index (χ0) is 23.9. The second-order valence-corrected chi connectivity index (χ2v) is 9.88. The Morgan fingerprint density at radius 1 is 0.972 bits per heavy atom. The molecule has 7 rings (SSSR count). The quantitative estimate of drug-likeness (QED) is 0.296. The van der Waals surface area contributed by atoms with E-state index >= 15 is 0 Å². The zero-order valence-electron chi connectivity index (χ0n) is 19.4. The van der Waals surface area contributed by atoms with E-state index < -0.39 is 0 Å². The molecule has 1 aliphatic rings. The molecular weight excluding hydrogens is 470 g/mol. The van der Waals surface area contributed by atoms with Crippen LogP contribution in [0.4, 0.5) is 0 Å². The van der Waals surface area contributed by atoms with Crippen LogP contribution in [0.3, 0.4) is 0 Å². The summed E-state index contributed by atoms with van der Waals surface area (Å²) in [6, 6.07) is 14.4. The molecule has 6 heterocycles. The molecule has 3 N–H and O–H groups in total. The molecule has 0 spiro atoms. The largest absolute Gasteiger partial charge is 0.489 e. The number of fused-ring (bicyclic) bond motifs is 2. The van der Waals surface area contributed by atoms with Crippen molar-refractivity contribution >= 4 is 33.3 Å². The van der Waals surface area contributed by atoms with Crippen LogP contribution in [-0.2, 0) is 0 Å².